The minimum absolute atomic E-state index is 0.0320. The number of ether oxygens (including phenoxy) is 1. The van der Waals surface area contributed by atoms with Crippen LogP contribution in [-0.2, 0) is 4.74 Å². The van der Waals surface area contributed by atoms with E-state index in [2.05, 4.69) is 17.1 Å². The second-order valence-corrected chi connectivity index (χ2v) is 6.19. The summed E-state index contributed by atoms with van der Waals surface area (Å²) in [5.74, 6) is 0. The molecule has 0 aromatic carbocycles. The Bertz CT molecular complexity index is 263. The summed E-state index contributed by atoms with van der Waals surface area (Å²) in [5.41, 5.74) is -0.0320. The number of nitrogens with one attached hydrogen (secondary N) is 1. The van der Waals surface area contributed by atoms with Gasteiger partial charge in [-0.2, -0.15) is 0 Å². The van der Waals surface area contributed by atoms with Crippen LogP contribution < -0.4 is 5.32 Å². The van der Waals surface area contributed by atoms with Crippen LogP contribution in [0.2, 0.25) is 0 Å². The number of likely N-dealkylation sites (tertiary alicyclic amines) is 1. The number of piperidine rings is 1. The molecule has 1 saturated carbocycles. The fourth-order valence-electron chi connectivity index (χ4n) is 3.85. The molecule has 112 valence electrons. The molecule has 2 fully saturated rings. The molecule has 1 saturated heterocycles. The molecule has 0 aromatic heterocycles. The van der Waals surface area contributed by atoms with Gasteiger partial charge in [-0.15, -0.1) is 0 Å². The fraction of sp³-hybridized carbons (Fsp3) is 1.00. The standard InChI is InChI=1S/C15H30N2O2/c1-3-16-15(12-18)8-4-5-13(11-15)17-9-6-14(19-2)7-10-17/h13-14,16,18H,3-12H2,1-2H3. The van der Waals surface area contributed by atoms with Crippen LogP contribution in [0.15, 0.2) is 0 Å². The van der Waals surface area contributed by atoms with Crippen molar-refractivity contribution < 1.29 is 9.84 Å². The second kappa shape index (κ2) is 7.02. The van der Waals surface area contributed by atoms with Gasteiger partial charge >= 0.3 is 0 Å². The maximum absolute atomic E-state index is 9.77. The Morgan fingerprint density at radius 2 is 2.05 bits per heavy atom. The predicted molar refractivity (Wildman–Crippen MR) is 77.4 cm³/mol. The quantitative estimate of drug-likeness (QED) is 0.792. The lowest BCUT2D eigenvalue weighted by Crippen LogP contribution is -2.56. The van der Waals surface area contributed by atoms with Crippen molar-refractivity contribution in [3.8, 4) is 0 Å². The molecule has 19 heavy (non-hydrogen) atoms. The van der Waals surface area contributed by atoms with E-state index < -0.39 is 0 Å². The van der Waals surface area contributed by atoms with Gasteiger partial charge in [0.1, 0.15) is 0 Å². The SMILES string of the molecule is CCNC1(CO)CCCC(N2CCC(OC)CC2)C1. The zero-order valence-electron chi connectivity index (χ0n) is 12.5. The van der Waals surface area contributed by atoms with E-state index in [9.17, 15) is 5.11 Å². The fourth-order valence-corrected chi connectivity index (χ4v) is 3.85. The molecule has 2 atom stereocenters. The van der Waals surface area contributed by atoms with E-state index in [-0.39, 0.29) is 12.1 Å². The van der Waals surface area contributed by atoms with Crippen LogP contribution in [0.1, 0.15) is 45.4 Å². The zero-order chi connectivity index (χ0) is 13.7. The van der Waals surface area contributed by atoms with Crippen LogP contribution in [0.3, 0.4) is 0 Å². The molecule has 2 rings (SSSR count). The number of aliphatic hydroxyl groups excluding tert-OH is 1. The Balaban J connectivity index is 1.90. The topological polar surface area (TPSA) is 44.7 Å². The highest BCUT2D eigenvalue weighted by Crippen LogP contribution is 2.32. The monoisotopic (exact) mass is 270 g/mol. The van der Waals surface area contributed by atoms with Gasteiger partial charge in [-0.1, -0.05) is 6.92 Å². The number of hydrogen-bond donors (Lipinski definition) is 2. The smallest absolute Gasteiger partial charge is 0.0613 e. The van der Waals surface area contributed by atoms with Gasteiger partial charge in [-0.25, -0.2) is 0 Å². The Labute approximate surface area is 117 Å². The number of aliphatic hydroxyl groups is 1. The molecular weight excluding hydrogens is 240 g/mol. The summed E-state index contributed by atoms with van der Waals surface area (Å²) in [4.78, 5) is 2.62. The third-order valence-corrected chi connectivity index (χ3v) is 5.00. The Morgan fingerprint density at radius 1 is 1.32 bits per heavy atom. The Kier molecular flexibility index (Phi) is 5.63. The van der Waals surface area contributed by atoms with Crippen LogP contribution >= 0.6 is 0 Å². The molecule has 1 aliphatic heterocycles. The molecule has 0 spiro atoms. The second-order valence-electron chi connectivity index (χ2n) is 6.19. The minimum Gasteiger partial charge on any atom is -0.394 e. The molecule has 4 nitrogen and oxygen atoms in total. The van der Waals surface area contributed by atoms with Gasteiger partial charge in [0, 0.05) is 31.8 Å². The van der Waals surface area contributed by atoms with Crippen molar-refractivity contribution in [1.82, 2.24) is 10.2 Å². The molecule has 1 heterocycles. The highest BCUT2D eigenvalue weighted by molar-refractivity contribution is 4.97. The Morgan fingerprint density at radius 3 is 2.63 bits per heavy atom. The lowest BCUT2D eigenvalue weighted by molar-refractivity contribution is 0.00372. The molecule has 0 bridgehead atoms. The molecule has 0 aromatic rings. The van der Waals surface area contributed by atoms with Crippen molar-refractivity contribution >= 4 is 0 Å². The van der Waals surface area contributed by atoms with E-state index in [4.69, 9.17) is 4.74 Å². The van der Waals surface area contributed by atoms with E-state index >= 15 is 0 Å². The highest BCUT2D eigenvalue weighted by atomic mass is 16.5. The van der Waals surface area contributed by atoms with E-state index in [1.54, 1.807) is 0 Å². The van der Waals surface area contributed by atoms with Gasteiger partial charge in [0.15, 0.2) is 0 Å². The van der Waals surface area contributed by atoms with Crippen molar-refractivity contribution in [1.29, 1.82) is 0 Å². The third kappa shape index (κ3) is 3.69. The molecule has 2 N–H and O–H groups in total. The molecule has 2 unspecified atom stereocenters. The van der Waals surface area contributed by atoms with Crippen LogP contribution in [0.25, 0.3) is 0 Å². The number of methoxy groups -OCH3 is 1. The predicted octanol–water partition coefficient (Wildman–Crippen LogP) is 1.38. The molecule has 0 amide bonds. The van der Waals surface area contributed by atoms with Crippen LogP contribution in [0, 0.1) is 0 Å². The molecule has 2 aliphatic rings. The largest absolute Gasteiger partial charge is 0.394 e. The number of hydrogen-bond acceptors (Lipinski definition) is 4. The first kappa shape index (κ1) is 15.2. The van der Waals surface area contributed by atoms with Crippen LogP contribution in [0.5, 0.6) is 0 Å². The Hall–Kier alpha value is -0.160. The maximum atomic E-state index is 9.77. The van der Waals surface area contributed by atoms with E-state index in [0.29, 0.717) is 12.1 Å². The van der Waals surface area contributed by atoms with Crippen molar-refractivity contribution in [3.05, 3.63) is 0 Å². The highest BCUT2D eigenvalue weighted by Gasteiger charge is 2.38. The van der Waals surface area contributed by atoms with Crippen LogP contribution in [-0.4, -0.2) is 61.0 Å². The summed E-state index contributed by atoms with van der Waals surface area (Å²) in [5, 5.41) is 13.3. The summed E-state index contributed by atoms with van der Waals surface area (Å²) >= 11 is 0. The van der Waals surface area contributed by atoms with Gasteiger partial charge in [-0.3, -0.25) is 0 Å². The lowest BCUT2D eigenvalue weighted by Gasteiger charge is -2.46. The van der Waals surface area contributed by atoms with Gasteiger partial charge in [0.05, 0.1) is 12.7 Å². The maximum Gasteiger partial charge on any atom is 0.0613 e. The molecule has 0 radical (unpaired) electrons. The number of rotatable bonds is 5. The molecule has 4 heteroatoms. The average Bonchev–Trinajstić information content (AvgIpc) is 2.48. The number of likely N-dealkylation sites (N-methyl/N-ethyl adjacent to an activating group) is 1. The first-order valence-electron chi connectivity index (χ1n) is 7.86. The minimum atomic E-state index is -0.0320. The van der Waals surface area contributed by atoms with Gasteiger partial charge in [0.2, 0.25) is 0 Å². The van der Waals surface area contributed by atoms with Crippen LogP contribution in [0.4, 0.5) is 0 Å². The van der Waals surface area contributed by atoms with Crippen molar-refractivity contribution in [2.45, 2.75) is 63.1 Å². The summed E-state index contributed by atoms with van der Waals surface area (Å²) < 4.78 is 5.45. The average molecular weight is 270 g/mol. The van der Waals surface area contributed by atoms with E-state index in [0.717, 1.165) is 45.3 Å². The third-order valence-electron chi connectivity index (χ3n) is 5.00. The summed E-state index contributed by atoms with van der Waals surface area (Å²) in [7, 11) is 1.82. The zero-order valence-corrected chi connectivity index (χ0v) is 12.5. The van der Waals surface area contributed by atoms with E-state index in [1.165, 1.54) is 12.8 Å². The van der Waals surface area contributed by atoms with Crippen molar-refractivity contribution in [3.63, 3.8) is 0 Å². The summed E-state index contributed by atoms with van der Waals surface area (Å²) in [6.45, 7) is 5.64. The lowest BCUT2D eigenvalue weighted by atomic mass is 9.78. The molecule has 1 aliphatic carbocycles. The summed E-state index contributed by atoms with van der Waals surface area (Å²) in [6.07, 6.45) is 7.47. The first-order valence-corrected chi connectivity index (χ1v) is 7.86. The van der Waals surface area contributed by atoms with Gasteiger partial charge < -0.3 is 20.1 Å². The van der Waals surface area contributed by atoms with Gasteiger partial charge in [-0.05, 0) is 45.1 Å². The van der Waals surface area contributed by atoms with Gasteiger partial charge in [0.25, 0.3) is 0 Å². The van der Waals surface area contributed by atoms with E-state index in [1.807, 2.05) is 7.11 Å². The molecular formula is C15H30N2O2. The summed E-state index contributed by atoms with van der Waals surface area (Å²) in [6, 6.07) is 0.637. The van der Waals surface area contributed by atoms with Crippen molar-refractivity contribution in [2.75, 3.05) is 33.4 Å². The normalized spacial score (nSPS) is 34.6. The first-order chi connectivity index (χ1) is 9.23. The number of nitrogens with zero attached hydrogens (tertiary/aromatic N) is 1. The van der Waals surface area contributed by atoms with Crippen molar-refractivity contribution in [2.24, 2.45) is 0 Å².